The number of carboxylic acids is 2. The molecule has 0 aliphatic heterocycles. The van der Waals surface area contributed by atoms with Gasteiger partial charge in [-0.2, -0.15) is 0 Å². The predicted molar refractivity (Wildman–Crippen MR) is 361 cm³/mol. The molecule has 0 amide bonds. The van der Waals surface area contributed by atoms with Crippen LogP contribution in [0.2, 0.25) is 0 Å². The van der Waals surface area contributed by atoms with Crippen LogP contribution in [0.25, 0.3) is 142 Å². The van der Waals surface area contributed by atoms with Crippen LogP contribution in [0.3, 0.4) is 0 Å². The number of ether oxygens (including phenoxy) is 2. The summed E-state index contributed by atoms with van der Waals surface area (Å²) in [5, 5.41) is 36.5. The summed E-state index contributed by atoms with van der Waals surface area (Å²) in [5.74, 6) is 0.0883. The fourth-order valence-corrected chi connectivity index (χ4v) is 13.4. The SMILES string of the molecule is O=C(O)c1cc(-c2c(Oc3ccc4cc(-c5cccc6ccccc56)ccc4c3-c3c(Oc4ccc5ccccc5c4-c4cc(C(=O)O)c5ccccc5c4)ccc4cc(-c5cccc6ccccc56)ccc34)ccc3ccccc23)cc2ccccc12. The lowest BCUT2D eigenvalue weighted by molar-refractivity contribution is 0.0688. The second-order valence-corrected chi connectivity index (χ2v) is 22.4. The van der Waals surface area contributed by atoms with E-state index < -0.39 is 11.9 Å². The van der Waals surface area contributed by atoms with Crippen LogP contribution in [0.15, 0.2) is 291 Å². The summed E-state index contributed by atoms with van der Waals surface area (Å²) in [7, 11) is 0. The molecule has 6 nitrogen and oxygen atoms in total. The zero-order valence-electron chi connectivity index (χ0n) is 47.2. The zero-order valence-corrected chi connectivity index (χ0v) is 47.2. The van der Waals surface area contributed by atoms with Crippen LogP contribution in [0.1, 0.15) is 20.7 Å². The molecule has 0 heterocycles. The van der Waals surface area contributed by atoms with E-state index >= 15 is 0 Å². The Labute approximate surface area is 505 Å². The van der Waals surface area contributed by atoms with Gasteiger partial charge in [-0.15, -0.1) is 0 Å². The number of aromatic carboxylic acids is 2. The number of carbonyl (C=O) groups is 2. The van der Waals surface area contributed by atoms with Crippen LogP contribution in [-0.4, -0.2) is 22.2 Å². The van der Waals surface area contributed by atoms with E-state index in [0.29, 0.717) is 44.9 Å². The molecule has 0 saturated carbocycles. The van der Waals surface area contributed by atoms with Gasteiger partial charge in [-0.1, -0.05) is 231 Å². The Morgan fingerprint density at radius 1 is 0.227 bits per heavy atom. The van der Waals surface area contributed by atoms with Crippen molar-refractivity contribution >= 4 is 98.1 Å². The molecule has 0 atom stereocenters. The topological polar surface area (TPSA) is 93.1 Å². The third kappa shape index (κ3) is 8.81. The summed E-state index contributed by atoms with van der Waals surface area (Å²) >= 11 is 0. The average molecular weight is 1130 g/mol. The molecule has 0 spiro atoms. The summed E-state index contributed by atoms with van der Waals surface area (Å²) in [6.45, 7) is 0. The van der Waals surface area contributed by atoms with Crippen molar-refractivity contribution in [1.29, 1.82) is 0 Å². The highest BCUT2D eigenvalue weighted by molar-refractivity contribution is 6.15. The molecule has 0 saturated heterocycles. The first kappa shape index (κ1) is 51.8. The lowest BCUT2D eigenvalue weighted by Gasteiger charge is -2.23. The zero-order chi connectivity index (χ0) is 59.0. The molecule has 0 aliphatic rings. The minimum absolute atomic E-state index is 0.191. The minimum Gasteiger partial charge on any atom is -0.478 e. The Hall–Kier alpha value is -11.9. The number of benzene rings is 16. The number of hydrogen-bond acceptors (Lipinski definition) is 4. The summed E-state index contributed by atoms with van der Waals surface area (Å²) in [4.78, 5) is 26.3. The second-order valence-electron chi connectivity index (χ2n) is 22.4. The van der Waals surface area contributed by atoms with E-state index in [9.17, 15) is 19.8 Å². The van der Waals surface area contributed by atoms with Gasteiger partial charge in [-0.25, -0.2) is 9.59 Å². The summed E-state index contributed by atoms with van der Waals surface area (Å²) in [6, 6.07) is 98.4. The van der Waals surface area contributed by atoms with Crippen molar-refractivity contribution in [2.45, 2.75) is 0 Å². The van der Waals surface area contributed by atoms with Gasteiger partial charge >= 0.3 is 11.9 Å². The van der Waals surface area contributed by atoms with Gasteiger partial charge in [-0.3, -0.25) is 0 Å². The summed E-state index contributed by atoms with van der Waals surface area (Å²) in [6.07, 6.45) is 0. The third-order valence-electron chi connectivity index (χ3n) is 17.4. The quantitative estimate of drug-likeness (QED) is 0.134. The molecule has 2 N–H and O–H groups in total. The van der Waals surface area contributed by atoms with Crippen molar-refractivity contribution in [3.63, 3.8) is 0 Å². The van der Waals surface area contributed by atoms with Gasteiger partial charge in [0.1, 0.15) is 23.0 Å². The van der Waals surface area contributed by atoms with E-state index in [1.54, 1.807) is 12.1 Å². The highest BCUT2D eigenvalue weighted by Crippen LogP contribution is 2.52. The standard InChI is InChI=1S/C82H50O6/c83-81(84)71-47-59(45-53-19-5-9-25-65(53)71)77-67-27-11-3-17-51(67)33-39-73(77)87-75-41-35-57-43-55(63-29-13-21-49-15-1-7-23-61(49)63)31-37-69(57)79(75)80-70-38-32-56(64-30-14-22-50-16-2-8-24-62(50)64)44-58(70)36-42-76(80)88-74-40-34-52-18-4-12-28-68(52)78(74)60-46-54-20-6-10-26-66(54)72(48-60)82(85)86/h1-48H,(H,83,84)(H,85,86). The molecule has 414 valence electrons. The average Bonchev–Trinajstić information content (AvgIpc) is 1.95. The van der Waals surface area contributed by atoms with Gasteiger partial charge < -0.3 is 19.7 Å². The lowest BCUT2D eigenvalue weighted by atomic mass is 9.88. The molecule has 16 rings (SSSR count). The van der Waals surface area contributed by atoms with Crippen LogP contribution < -0.4 is 9.47 Å². The van der Waals surface area contributed by atoms with E-state index in [1.165, 1.54) is 0 Å². The number of carboxylic acid groups (broad SMARTS) is 2. The molecule has 0 fully saturated rings. The smallest absolute Gasteiger partial charge is 0.336 e. The van der Waals surface area contributed by atoms with Gasteiger partial charge in [0.15, 0.2) is 0 Å². The minimum atomic E-state index is -1.02. The van der Waals surface area contributed by atoms with E-state index in [0.717, 1.165) is 120 Å². The van der Waals surface area contributed by atoms with Gasteiger partial charge in [0, 0.05) is 22.3 Å². The summed E-state index contributed by atoms with van der Waals surface area (Å²) < 4.78 is 15.2. The molecule has 88 heavy (non-hydrogen) atoms. The van der Waals surface area contributed by atoms with Gasteiger partial charge in [0.05, 0.1) is 11.1 Å². The molecule has 0 aliphatic carbocycles. The molecule has 0 aromatic heterocycles. The molecule has 16 aromatic carbocycles. The molecule has 16 aromatic rings. The van der Waals surface area contributed by atoms with Crippen LogP contribution in [0, 0.1) is 0 Å². The van der Waals surface area contributed by atoms with E-state index in [4.69, 9.17) is 9.47 Å². The first-order valence-electron chi connectivity index (χ1n) is 29.3. The summed E-state index contributed by atoms with van der Waals surface area (Å²) in [5.41, 5.74) is 9.13. The van der Waals surface area contributed by atoms with Crippen molar-refractivity contribution in [1.82, 2.24) is 0 Å². The van der Waals surface area contributed by atoms with Gasteiger partial charge in [0.25, 0.3) is 0 Å². The van der Waals surface area contributed by atoms with Gasteiger partial charge in [0.2, 0.25) is 0 Å². The largest absolute Gasteiger partial charge is 0.478 e. The Bertz CT molecular complexity index is 5250. The maximum Gasteiger partial charge on any atom is 0.336 e. The lowest BCUT2D eigenvalue weighted by Crippen LogP contribution is -2.00. The van der Waals surface area contributed by atoms with E-state index in [1.807, 2.05) is 109 Å². The molecule has 6 heteroatoms. The predicted octanol–water partition coefficient (Wildman–Crippen LogP) is 22.2. The van der Waals surface area contributed by atoms with Crippen molar-refractivity contribution in [2.24, 2.45) is 0 Å². The highest BCUT2D eigenvalue weighted by atomic mass is 16.5. The first-order valence-corrected chi connectivity index (χ1v) is 29.3. The van der Waals surface area contributed by atoms with E-state index in [-0.39, 0.29) is 11.1 Å². The van der Waals surface area contributed by atoms with Crippen LogP contribution >= 0.6 is 0 Å². The fraction of sp³-hybridized carbons (Fsp3) is 0. The highest BCUT2D eigenvalue weighted by Gasteiger charge is 2.26. The molecule has 0 bridgehead atoms. The van der Waals surface area contributed by atoms with Crippen LogP contribution in [0.4, 0.5) is 0 Å². The molecule has 0 unspecified atom stereocenters. The van der Waals surface area contributed by atoms with E-state index in [2.05, 4.69) is 170 Å². The number of fused-ring (bicyclic) bond motifs is 8. The second kappa shape index (κ2) is 21.0. The Morgan fingerprint density at radius 2 is 0.511 bits per heavy atom. The van der Waals surface area contributed by atoms with Gasteiger partial charge in [-0.05, 0) is 180 Å². The first-order chi connectivity index (χ1) is 43.3. The fourth-order valence-electron chi connectivity index (χ4n) is 13.4. The Kier molecular flexibility index (Phi) is 12.4. The Balaban J connectivity index is 0.983. The van der Waals surface area contributed by atoms with Crippen molar-refractivity contribution in [3.8, 4) is 78.6 Å². The van der Waals surface area contributed by atoms with Crippen molar-refractivity contribution in [3.05, 3.63) is 302 Å². The maximum absolute atomic E-state index is 13.2. The van der Waals surface area contributed by atoms with Crippen LogP contribution in [-0.2, 0) is 0 Å². The number of rotatable bonds is 11. The van der Waals surface area contributed by atoms with Crippen molar-refractivity contribution in [2.75, 3.05) is 0 Å². The normalized spacial score (nSPS) is 11.6. The van der Waals surface area contributed by atoms with Crippen molar-refractivity contribution < 1.29 is 29.3 Å². The monoisotopic (exact) mass is 1130 g/mol. The number of hydrogen-bond donors (Lipinski definition) is 2. The maximum atomic E-state index is 13.2. The molecule has 0 radical (unpaired) electrons. The third-order valence-corrected chi connectivity index (χ3v) is 17.4. The molecular formula is C82H50O6. The molecular weight excluding hydrogens is 1080 g/mol. The Morgan fingerprint density at radius 3 is 0.909 bits per heavy atom. The van der Waals surface area contributed by atoms with Crippen LogP contribution in [0.5, 0.6) is 23.0 Å².